The summed E-state index contributed by atoms with van der Waals surface area (Å²) in [5, 5.41) is 19.9. The van der Waals surface area contributed by atoms with E-state index < -0.39 is 0 Å². The highest BCUT2D eigenvalue weighted by Gasteiger charge is 2.21. The van der Waals surface area contributed by atoms with Gasteiger partial charge >= 0.3 is 0 Å². The Morgan fingerprint density at radius 2 is 1.78 bits per heavy atom. The predicted molar refractivity (Wildman–Crippen MR) is 108 cm³/mol. The van der Waals surface area contributed by atoms with Gasteiger partial charge in [0.25, 0.3) is 0 Å². The van der Waals surface area contributed by atoms with Crippen LogP contribution in [-0.4, -0.2) is 4.57 Å². The van der Waals surface area contributed by atoms with Gasteiger partial charge in [-0.2, -0.15) is 10.5 Å². The van der Waals surface area contributed by atoms with Crippen molar-refractivity contribution in [2.45, 2.75) is 45.1 Å². The smallest absolute Gasteiger partial charge is 0.0994 e. The zero-order valence-electron chi connectivity index (χ0n) is 15.5. The van der Waals surface area contributed by atoms with E-state index in [1.165, 1.54) is 32.1 Å². The lowest BCUT2D eigenvalue weighted by molar-refractivity contribution is 0.361. The van der Waals surface area contributed by atoms with Crippen LogP contribution in [0.2, 0.25) is 0 Å². The second kappa shape index (κ2) is 6.82. The third-order valence-electron chi connectivity index (χ3n) is 5.66. The molecule has 1 fully saturated rings. The molecule has 1 saturated carbocycles. The quantitative estimate of drug-likeness (QED) is 0.622. The molecule has 4 nitrogen and oxygen atoms in total. The average Bonchev–Trinajstić information content (AvgIpc) is 3.05. The van der Waals surface area contributed by atoms with Crippen LogP contribution in [0.3, 0.4) is 0 Å². The molecule has 4 rings (SSSR count). The molecule has 1 heterocycles. The first-order valence-corrected chi connectivity index (χ1v) is 9.47. The summed E-state index contributed by atoms with van der Waals surface area (Å²) in [6.45, 7) is 1.99. The Labute approximate surface area is 159 Å². The number of nitriles is 2. The second-order valence-electron chi connectivity index (χ2n) is 7.49. The topological polar surface area (TPSA) is 78.5 Å². The van der Waals surface area contributed by atoms with Gasteiger partial charge in [0.2, 0.25) is 0 Å². The van der Waals surface area contributed by atoms with Gasteiger partial charge in [-0.15, -0.1) is 0 Å². The second-order valence-corrected chi connectivity index (χ2v) is 7.49. The van der Waals surface area contributed by atoms with E-state index >= 15 is 0 Å². The van der Waals surface area contributed by atoms with Gasteiger partial charge < -0.3 is 10.3 Å². The largest absolute Gasteiger partial charge is 0.399 e. The monoisotopic (exact) mass is 354 g/mol. The van der Waals surface area contributed by atoms with E-state index in [2.05, 4.69) is 29.0 Å². The Balaban J connectivity index is 1.98. The molecule has 134 valence electrons. The van der Waals surface area contributed by atoms with Crippen molar-refractivity contribution >= 4 is 16.6 Å². The Kier molecular flexibility index (Phi) is 4.34. The van der Waals surface area contributed by atoms with Crippen molar-refractivity contribution in [2.75, 3.05) is 5.73 Å². The van der Waals surface area contributed by atoms with Crippen LogP contribution in [0.4, 0.5) is 5.69 Å². The Morgan fingerprint density at radius 1 is 1.00 bits per heavy atom. The van der Waals surface area contributed by atoms with Crippen molar-refractivity contribution in [3.05, 3.63) is 53.2 Å². The van der Waals surface area contributed by atoms with Crippen LogP contribution in [0.5, 0.6) is 0 Å². The van der Waals surface area contributed by atoms with Gasteiger partial charge in [-0.1, -0.05) is 19.3 Å². The average molecular weight is 354 g/mol. The first-order valence-electron chi connectivity index (χ1n) is 9.47. The molecule has 0 unspecified atom stereocenters. The van der Waals surface area contributed by atoms with Gasteiger partial charge in [0, 0.05) is 34.4 Å². The van der Waals surface area contributed by atoms with Crippen LogP contribution in [-0.2, 0) is 0 Å². The standard InChI is InChI=1S/C23H22N4/c1-15-7-23-21(11-18(15)13-25)22(14-27(23)20-5-3-2-4-6-20)17-8-16(12-24)9-19(26)10-17/h7-11,14,20H,2-6,26H2,1H3. The molecule has 1 aromatic heterocycles. The number of nitrogens with zero attached hydrogens (tertiary/aromatic N) is 3. The molecule has 4 heteroatoms. The zero-order chi connectivity index (χ0) is 19.0. The number of hydrogen-bond donors (Lipinski definition) is 1. The number of aromatic nitrogens is 1. The lowest BCUT2D eigenvalue weighted by atomic mass is 9.95. The van der Waals surface area contributed by atoms with E-state index in [0.717, 1.165) is 27.6 Å². The van der Waals surface area contributed by atoms with E-state index in [1.54, 1.807) is 6.07 Å². The third kappa shape index (κ3) is 3.04. The van der Waals surface area contributed by atoms with Crippen LogP contribution in [0.15, 0.2) is 36.5 Å². The molecular formula is C23H22N4. The van der Waals surface area contributed by atoms with Crippen molar-refractivity contribution in [2.24, 2.45) is 0 Å². The number of anilines is 1. The Bertz CT molecular complexity index is 1100. The molecule has 0 atom stereocenters. The molecule has 0 bridgehead atoms. The Morgan fingerprint density at radius 3 is 2.48 bits per heavy atom. The lowest BCUT2D eigenvalue weighted by Crippen LogP contribution is -2.11. The molecule has 1 aliphatic rings. The molecule has 2 N–H and O–H groups in total. The number of hydrogen-bond acceptors (Lipinski definition) is 3. The van der Waals surface area contributed by atoms with Crippen LogP contribution in [0.25, 0.3) is 22.0 Å². The summed E-state index contributed by atoms with van der Waals surface area (Å²) in [5.41, 5.74) is 12.0. The first-order chi connectivity index (χ1) is 13.1. The summed E-state index contributed by atoms with van der Waals surface area (Å²) < 4.78 is 2.38. The zero-order valence-corrected chi connectivity index (χ0v) is 15.5. The number of fused-ring (bicyclic) bond motifs is 1. The van der Waals surface area contributed by atoms with Gasteiger partial charge in [0.05, 0.1) is 23.3 Å². The lowest BCUT2D eigenvalue weighted by Gasteiger charge is -2.24. The summed E-state index contributed by atoms with van der Waals surface area (Å²) in [4.78, 5) is 0. The molecule has 0 radical (unpaired) electrons. The molecule has 0 aliphatic heterocycles. The minimum Gasteiger partial charge on any atom is -0.399 e. The molecular weight excluding hydrogens is 332 g/mol. The van der Waals surface area contributed by atoms with Crippen LogP contribution < -0.4 is 5.73 Å². The highest BCUT2D eigenvalue weighted by Crippen LogP contribution is 2.38. The van der Waals surface area contributed by atoms with E-state index in [-0.39, 0.29) is 0 Å². The fourth-order valence-electron chi connectivity index (χ4n) is 4.28. The Hall–Kier alpha value is -3.24. The molecule has 2 aromatic carbocycles. The van der Waals surface area contributed by atoms with Gasteiger partial charge in [0.15, 0.2) is 0 Å². The maximum absolute atomic E-state index is 9.50. The SMILES string of the molecule is Cc1cc2c(cc1C#N)c(-c1cc(N)cc(C#N)c1)cn2C1CCCCC1. The molecule has 0 amide bonds. The fraction of sp³-hybridized carbons (Fsp3) is 0.304. The molecule has 0 spiro atoms. The van der Waals surface area contributed by atoms with E-state index in [0.29, 0.717) is 22.9 Å². The molecule has 1 aliphatic carbocycles. The fourth-order valence-corrected chi connectivity index (χ4v) is 4.28. The summed E-state index contributed by atoms with van der Waals surface area (Å²) in [7, 11) is 0. The highest BCUT2D eigenvalue weighted by atomic mass is 15.0. The highest BCUT2D eigenvalue weighted by molar-refractivity contribution is 5.98. The van der Waals surface area contributed by atoms with Gasteiger partial charge in [0.1, 0.15) is 0 Å². The molecule has 0 saturated heterocycles. The number of aryl methyl sites for hydroxylation is 1. The van der Waals surface area contributed by atoms with Crippen molar-refractivity contribution in [1.82, 2.24) is 4.57 Å². The van der Waals surface area contributed by atoms with E-state index in [4.69, 9.17) is 5.73 Å². The van der Waals surface area contributed by atoms with E-state index in [9.17, 15) is 10.5 Å². The minimum atomic E-state index is 0.485. The maximum atomic E-state index is 9.50. The van der Waals surface area contributed by atoms with Gasteiger partial charge in [-0.05, 0) is 61.2 Å². The third-order valence-corrected chi connectivity index (χ3v) is 5.66. The van der Waals surface area contributed by atoms with Gasteiger partial charge in [-0.3, -0.25) is 0 Å². The summed E-state index contributed by atoms with van der Waals surface area (Å²) >= 11 is 0. The number of rotatable bonds is 2. The molecule has 3 aromatic rings. The van der Waals surface area contributed by atoms with Crippen molar-refractivity contribution in [1.29, 1.82) is 10.5 Å². The summed E-state index contributed by atoms with van der Waals surface area (Å²) in [6.07, 6.45) is 8.38. The normalized spacial score (nSPS) is 14.8. The number of nitrogens with two attached hydrogens (primary N) is 1. The predicted octanol–water partition coefficient (Wildman–Crippen LogP) is 5.45. The summed E-state index contributed by atoms with van der Waals surface area (Å²) in [6, 6.07) is 14.6. The van der Waals surface area contributed by atoms with Crippen LogP contribution >= 0.6 is 0 Å². The number of benzene rings is 2. The van der Waals surface area contributed by atoms with Crippen molar-refractivity contribution < 1.29 is 0 Å². The van der Waals surface area contributed by atoms with Gasteiger partial charge in [-0.25, -0.2) is 0 Å². The summed E-state index contributed by atoms with van der Waals surface area (Å²) in [5.74, 6) is 0. The number of nitrogen functional groups attached to an aromatic ring is 1. The van der Waals surface area contributed by atoms with Crippen LogP contribution in [0, 0.1) is 29.6 Å². The van der Waals surface area contributed by atoms with Crippen LogP contribution in [0.1, 0.15) is 54.8 Å². The first kappa shape index (κ1) is 17.2. The van der Waals surface area contributed by atoms with Crippen molar-refractivity contribution in [3.8, 4) is 23.3 Å². The maximum Gasteiger partial charge on any atom is 0.0994 e. The van der Waals surface area contributed by atoms with Crippen molar-refractivity contribution in [3.63, 3.8) is 0 Å². The minimum absolute atomic E-state index is 0.485. The molecule has 27 heavy (non-hydrogen) atoms. The van der Waals surface area contributed by atoms with E-state index in [1.807, 2.05) is 25.1 Å².